The van der Waals surface area contributed by atoms with Crippen LogP contribution in [0.4, 0.5) is 0 Å². The van der Waals surface area contributed by atoms with Crippen LogP contribution in [0.1, 0.15) is 17.5 Å². The zero-order chi connectivity index (χ0) is 13.2. The first-order chi connectivity index (χ1) is 9.28. The van der Waals surface area contributed by atoms with Crippen LogP contribution >= 0.6 is 11.6 Å². The highest BCUT2D eigenvalue weighted by Crippen LogP contribution is 2.28. The first-order valence-electron chi connectivity index (χ1n) is 5.90. The van der Waals surface area contributed by atoms with Crippen molar-refractivity contribution in [2.75, 3.05) is 7.05 Å². The second-order valence-corrected chi connectivity index (χ2v) is 4.62. The van der Waals surface area contributed by atoms with Crippen molar-refractivity contribution in [1.82, 2.24) is 15.3 Å². The van der Waals surface area contributed by atoms with Crippen molar-refractivity contribution in [3.63, 3.8) is 0 Å². The summed E-state index contributed by atoms with van der Waals surface area (Å²) in [7, 11) is 1.87. The Bertz CT molecular complexity index is 696. The van der Waals surface area contributed by atoms with Crippen LogP contribution in [0, 0.1) is 0 Å². The van der Waals surface area contributed by atoms with E-state index in [1.165, 1.54) is 6.33 Å². The molecule has 0 fully saturated rings. The maximum absolute atomic E-state index is 5.98. The predicted octanol–water partition coefficient (Wildman–Crippen LogP) is 3.19. The lowest BCUT2D eigenvalue weighted by Gasteiger charge is -2.11. The van der Waals surface area contributed by atoms with Gasteiger partial charge in [-0.15, -0.1) is 0 Å². The highest BCUT2D eigenvalue weighted by molar-refractivity contribution is 6.31. The van der Waals surface area contributed by atoms with Gasteiger partial charge in [-0.05, 0) is 37.4 Å². The molecule has 3 aromatic rings. The quantitative estimate of drug-likeness (QED) is 0.796. The average molecular weight is 274 g/mol. The predicted molar refractivity (Wildman–Crippen MR) is 74.2 cm³/mol. The van der Waals surface area contributed by atoms with Crippen LogP contribution in [-0.4, -0.2) is 17.0 Å². The Labute approximate surface area is 115 Å². The van der Waals surface area contributed by atoms with Crippen LogP contribution < -0.4 is 5.32 Å². The van der Waals surface area contributed by atoms with Gasteiger partial charge in [0.15, 0.2) is 0 Å². The third-order valence-corrected chi connectivity index (χ3v) is 3.21. The number of halogens is 1. The highest BCUT2D eigenvalue weighted by atomic mass is 35.5. The van der Waals surface area contributed by atoms with E-state index in [0.717, 1.165) is 22.4 Å². The largest absolute Gasteiger partial charge is 0.459 e. The molecule has 0 amide bonds. The van der Waals surface area contributed by atoms with E-state index in [1.54, 1.807) is 6.20 Å². The Morgan fingerprint density at radius 1 is 1.26 bits per heavy atom. The van der Waals surface area contributed by atoms with Gasteiger partial charge in [0, 0.05) is 16.6 Å². The summed E-state index contributed by atoms with van der Waals surface area (Å²) < 4.78 is 5.85. The molecule has 1 N–H and O–H groups in total. The van der Waals surface area contributed by atoms with E-state index in [1.807, 2.05) is 37.4 Å². The van der Waals surface area contributed by atoms with Gasteiger partial charge in [-0.1, -0.05) is 11.6 Å². The number of hydrogen-bond acceptors (Lipinski definition) is 4. The number of benzene rings is 1. The molecule has 0 aliphatic heterocycles. The molecule has 0 aliphatic carbocycles. The Morgan fingerprint density at radius 2 is 2.16 bits per heavy atom. The van der Waals surface area contributed by atoms with Crippen molar-refractivity contribution < 1.29 is 4.42 Å². The molecule has 0 aliphatic rings. The van der Waals surface area contributed by atoms with Crippen molar-refractivity contribution in [3.8, 4) is 0 Å². The molecular weight excluding hydrogens is 262 g/mol. The van der Waals surface area contributed by atoms with Crippen molar-refractivity contribution in [1.29, 1.82) is 0 Å². The molecule has 1 unspecified atom stereocenters. The van der Waals surface area contributed by atoms with Crippen LogP contribution in [0.5, 0.6) is 0 Å². The summed E-state index contributed by atoms with van der Waals surface area (Å²) in [5.41, 5.74) is 1.68. The van der Waals surface area contributed by atoms with Gasteiger partial charge < -0.3 is 9.73 Å². The lowest BCUT2D eigenvalue weighted by atomic mass is 10.1. The van der Waals surface area contributed by atoms with Gasteiger partial charge in [-0.3, -0.25) is 0 Å². The molecule has 2 aromatic heterocycles. The lowest BCUT2D eigenvalue weighted by molar-refractivity contribution is 0.485. The van der Waals surface area contributed by atoms with Crippen LogP contribution in [-0.2, 0) is 0 Å². The Hall–Kier alpha value is -1.91. The van der Waals surface area contributed by atoms with Gasteiger partial charge in [0.1, 0.15) is 23.7 Å². The maximum atomic E-state index is 5.98. The summed E-state index contributed by atoms with van der Waals surface area (Å²) in [5.74, 6) is 0.804. The molecule has 0 bridgehead atoms. The molecule has 0 saturated carbocycles. The zero-order valence-electron chi connectivity index (χ0n) is 10.3. The van der Waals surface area contributed by atoms with Gasteiger partial charge in [0.25, 0.3) is 0 Å². The first-order valence-corrected chi connectivity index (χ1v) is 6.28. The normalized spacial score (nSPS) is 12.7. The van der Waals surface area contributed by atoms with Gasteiger partial charge in [0.2, 0.25) is 0 Å². The molecule has 19 heavy (non-hydrogen) atoms. The van der Waals surface area contributed by atoms with Crippen molar-refractivity contribution in [2.24, 2.45) is 0 Å². The molecule has 96 valence electrons. The summed E-state index contributed by atoms with van der Waals surface area (Å²) in [6.45, 7) is 0. The Kier molecular flexibility index (Phi) is 3.19. The summed E-state index contributed by atoms with van der Waals surface area (Å²) in [5, 5.41) is 4.87. The number of aromatic nitrogens is 2. The van der Waals surface area contributed by atoms with Crippen LogP contribution in [0.15, 0.2) is 47.3 Å². The van der Waals surface area contributed by atoms with Crippen molar-refractivity contribution >= 4 is 22.6 Å². The fraction of sp³-hybridized carbons (Fsp3) is 0.143. The van der Waals surface area contributed by atoms with E-state index in [9.17, 15) is 0 Å². The summed E-state index contributed by atoms with van der Waals surface area (Å²) in [6, 6.07) is 9.31. The minimum absolute atomic E-state index is 0.103. The fourth-order valence-corrected chi connectivity index (χ4v) is 2.27. The van der Waals surface area contributed by atoms with Gasteiger partial charge >= 0.3 is 0 Å². The SMILES string of the molecule is CNC(c1ccncn1)c1cc2cc(Cl)ccc2o1. The monoisotopic (exact) mass is 273 g/mol. The molecule has 0 radical (unpaired) electrons. The molecular formula is C14H12ClN3O. The van der Waals surface area contributed by atoms with E-state index in [2.05, 4.69) is 15.3 Å². The van der Waals surface area contributed by atoms with Crippen molar-refractivity contribution in [3.05, 3.63) is 59.3 Å². The minimum atomic E-state index is -0.103. The smallest absolute Gasteiger partial charge is 0.134 e. The standard InChI is InChI=1S/C14H12ClN3O/c1-16-14(11-4-5-17-8-18-11)13-7-9-6-10(15)2-3-12(9)19-13/h2-8,14,16H,1H3. The zero-order valence-corrected chi connectivity index (χ0v) is 11.1. The minimum Gasteiger partial charge on any atom is -0.459 e. The topological polar surface area (TPSA) is 51.0 Å². The molecule has 0 saturated heterocycles. The van der Waals surface area contributed by atoms with E-state index >= 15 is 0 Å². The van der Waals surface area contributed by atoms with Crippen LogP contribution in [0.2, 0.25) is 5.02 Å². The van der Waals surface area contributed by atoms with Crippen molar-refractivity contribution in [2.45, 2.75) is 6.04 Å². The summed E-state index contributed by atoms with van der Waals surface area (Å²) in [4.78, 5) is 8.18. The number of fused-ring (bicyclic) bond motifs is 1. The van der Waals surface area contributed by atoms with Crippen LogP contribution in [0.3, 0.4) is 0 Å². The Balaban J connectivity index is 2.07. The molecule has 1 aromatic carbocycles. The number of hydrogen-bond donors (Lipinski definition) is 1. The lowest BCUT2D eigenvalue weighted by Crippen LogP contribution is -2.18. The fourth-order valence-electron chi connectivity index (χ4n) is 2.08. The third kappa shape index (κ3) is 2.32. The number of nitrogens with one attached hydrogen (secondary N) is 1. The first kappa shape index (κ1) is 12.1. The van der Waals surface area contributed by atoms with Gasteiger partial charge in [0.05, 0.1) is 5.69 Å². The van der Waals surface area contributed by atoms with E-state index < -0.39 is 0 Å². The summed E-state index contributed by atoms with van der Waals surface area (Å²) in [6.07, 6.45) is 3.24. The second-order valence-electron chi connectivity index (χ2n) is 4.19. The van der Waals surface area contributed by atoms with E-state index in [4.69, 9.17) is 16.0 Å². The third-order valence-electron chi connectivity index (χ3n) is 2.97. The van der Waals surface area contributed by atoms with E-state index in [0.29, 0.717) is 5.02 Å². The molecule has 5 heteroatoms. The van der Waals surface area contributed by atoms with E-state index in [-0.39, 0.29) is 6.04 Å². The highest BCUT2D eigenvalue weighted by Gasteiger charge is 2.17. The molecule has 4 nitrogen and oxygen atoms in total. The Morgan fingerprint density at radius 3 is 2.89 bits per heavy atom. The average Bonchev–Trinajstić information content (AvgIpc) is 2.83. The maximum Gasteiger partial charge on any atom is 0.134 e. The molecule has 1 atom stereocenters. The number of furan rings is 1. The number of rotatable bonds is 3. The second kappa shape index (κ2) is 4.99. The number of nitrogens with zero attached hydrogens (tertiary/aromatic N) is 2. The van der Waals surface area contributed by atoms with Gasteiger partial charge in [-0.2, -0.15) is 0 Å². The van der Waals surface area contributed by atoms with Gasteiger partial charge in [-0.25, -0.2) is 9.97 Å². The molecule has 0 spiro atoms. The molecule has 3 rings (SSSR count). The molecule has 2 heterocycles. The summed E-state index contributed by atoms with van der Waals surface area (Å²) >= 11 is 5.98. The van der Waals surface area contributed by atoms with Crippen LogP contribution in [0.25, 0.3) is 11.0 Å².